The molecule has 1 N–H and O–H groups in total. The normalized spacial score (nSPS) is 21.9. The SMILES string of the molecule is Cc1cn2cc(CNC(=O)C3CCC(=O)N(C4CC4)C3)nc2s1. The van der Waals surface area contributed by atoms with Crippen molar-refractivity contribution in [2.45, 2.75) is 45.2 Å². The molecule has 6 nitrogen and oxygen atoms in total. The molecule has 0 spiro atoms. The number of hydrogen-bond donors (Lipinski definition) is 1. The van der Waals surface area contributed by atoms with Crippen LogP contribution < -0.4 is 5.32 Å². The van der Waals surface area contributed by atoms with Crippen molar-refractivity contribution in [3.05, 3.63) is 23.0 Å². The van der Waals surface area contributed by atoms with E-state index >= 15 is 0 Å². The Morgan fingerprint density at radius 2 is 2.22 bits per heavy atom. The van der Waals surface area contributed by atoms with Crippen LogP contribution in [0.15, 0.2) is 12.4 Å². The van der Waals surface area contributed by atoms with E-state index in [2.05, 4.69) is 17.2 Å². The average Bonchev–Trinajstić information content (AvgIpc) is 3.21. The summed E-state index contributed by atoms with van der Waals surface area (Å²) < 4.78 is 2.00. The summed E-state index contributed by atoms with van der Waals surface area (Å²) in [4.78, 5) is 32.9. The van der Waals surface area contributed by atoms with Gasteiger partial charge in [-0.05, 0) is 26.2 Å². The molecule has 2 aromatic rings. The van der Waals surface area contributed by atoms with Crippen molar-refractivity contribution in [2.24, 2.45) is 5.92 Å². The number of nitrogens with one attached hydrogen (secondary N) is 1. The van der Waals surface area contributed by atoms with Crippen molar-refractivity contribution in [1.82, 2.24) is 19.6 Å². The Balaban J connectivity index is 1.35. The molecule has 23 heavy (non-hydrogen) atoms. The maximum absolute atomic E-state index is 12.4. The van der Waals surface area contributed by atoms with E-state index in [4.69, 9.17) is 0 Å². The van der Waals surface area contributed by atoms with E-state index < -0.39 is 0 Å². The number of carbonyl (C=O) groups excluding carboxylic acids is 2. The summed E-state index contributed by atoms with van der Waals surface area (Å²) in [6.45, 7) is 3.07. The minimum absolute atomic E-state index is 0.0377. The van der Waals surface area contributed by atoms with E-state index in [1.165, 1.54) is 4.88 Å². The molecule has 2 fully saturated rings. The molecule has 1 atom stereocenters. The van der Waals surface area contributed by atoms with Crippen molar-refractivity contribution >= 4 is 28.1 Å². The first-order chi connectivity index (χ1) is 11.1. The van der Waals surface area contributed by atoms with Gasteiger partial charge in [0.25, 0.3) is 0 Å². The molecular weight excluding hydrogens is 312 g/mol. The summed E-state index contributed by atoms with van der Waals surface area (Å²) in [7, 11) is 0. The molecule has 0 radical (unpaired) electrons. The Morgan fingerprint density at radius 1 is 1.39 bits per heavy atom. The Bertz CT molecular complexity index is 730. The quantitative estimate of drug-likeness (QED) is 0.927. The summed E-state index contributed by atoms with van der Waals surface area (Å²) >= 11 is 1.64. The number of amides is 2. The minimum Gasteiger partial charge on any atom is -0.350 e. The largest absolute Gasteiger partial charge is 0.350 e. The fourth-order valence-corrected chi connectivity index (χ4v) is 4.02. The number of likely N-dealkylation sites (tertiary alicyclic amines) is 1. The molecular formula is C16H20N4O2S. The van der Waals surface area contributed by atoms with Crippen LogP contribution in [0, 0.1) is 12.8 Å². The van der Waals surface area contributed by atoms with Crippen molar-refractivity contribution < 1.29 is 9.59 Å². The van der Waals surface area contributed by atoms with Crippen molar-refractivity contribution in [1.29, 1.82) is 0 Å². The van der Waals surface area contributed by atoms with E-state index in [9.17, 15) is 9.59 Å². The fourth-order valence-electron chi connectivity index (χ4n) is 3.19. The lowest BCUT2D eigenvalue weighted by Crippen LogP contribution is -2.46. The van der Waals surface area contributed by atoms with Gasteiger partial charge in [-0.25, -0.2) is 4.98 Å². The number of aromatic nitrogens is 2. The highest BCUT2D eigenvalue weighted by Gasteiger charge is 2.38. The van der Waals surface area contributed by atoms with Crippen molar-refractivity contribution in [3.8, 4) is 0 Å². The summed E-state index contributed by atoms with van der Waals surface area (Å²) in [6, 6.07) is 0.390. The maximum atomic E-state index is 12.4. The van der Waals surface area contributed by atoms with E-state index in [-0.39, 0.29) is 17.7 Å². The summed E-state index contributed by atoms with van der Waals surface area (Å²) in [5.74, 6) is 0.163. The number of aryl methyl sites for hydroxylation is 1. The summed E-state index contributed by atoms with van der Waals surface area (Å²) in [5, 5.41) is 2.98. The van der Waals surface area contributed by atoms with Gasteiger partial charge in [0.1, 0.15) is 0 Å². The first-order valence-electron chi connectivity index (χ1n) is 8.11. The third-order valence-corrected chi connectivity index (χ3v) is 5.48. The van der Waals surface area contributed by atoms with Crippen molar-refractivity contribution in [2.75, 3.05) is 6.54 Å². The first-order valence-corrected chi connectivity index (χ1v) is 8.93. The lowest BCUT2D eigenvalue weighted by molar-refractivity contribution is -0.138. The van der Waals surface area contributed by atoms with Gasteiger partial charge in [0.05, 0.1) is 18.2 Å². The number of imidazole rings is 1. The summed E-state index contributed by atoms with van der Waals surface area (Å²) in [6.07, 6.45) is 7.33. The average molecular weight is 332 g/mol. The van der Waals surface area contributed by atoms with E-state index in [0.29, 0.717) is 32.0 Å². The second-order valence-electron chi connectivity index (χ2n) is 6.49. The zero-order valence-electron chi connectivity index (χ0n) is 13.1. The molecule has 2 aliphatic rings. The number of carbonyl (C=O) groups is 2. The first kappa shape index (κ1) is 14.7. The van der Waals surface area contributed by atoms with E-state index in [1.54, 1.807) is 11.3 Å². The minimum atomic E-state index is -0.0840. The van der Waals surface area contributed by atoms with Gasteiger partial charge in [0, 0.05) is 36.3 Å². The second-order valence-corrected chi connectivity index (χ2v) is 7.71. The van der Waals surface area contributed by atoms with Gasteiger partial charge in [0.15, 0.2) is 4.96 Å². The third-order valence-electron chi connectivity index (χ3n) is 4.57. The van der Waals surface area contributed by atoms with Gasteiger partial charge in [-0.15, -0.1) is 11.3 Å². The van der Waals surface area contributed by atoms with Gasteiger partial charge in [-0.3, -0.25) is 14.0 Å². The van der Waals surface area contributed by atoms with E-state index in [1.807, 2.05) is 21.7 Å². The predicted molar refractivity (Wildman–Crippen MR) is 87.1 cm³/mol. The molecule has 2 amide bonds. The van der Waals surface area contributed by atoms with Crippen LogP contribution >= 0.6 is 11.3 Å². The molecule has 3 heterocycles. The van der Waals surface area contributed by atoms with Crippen LogP contribution in [0.3, 0.4) is 0 Å². The highest BCUT2D eigenvalue weighted by Crippen LogP contribution is 2.31. The predicted octanol–water partition coefficient (Wildman–Crippen LogP) is 1.72. The van der Waals surface area contributed by atoms with Crippen LogP contribution in [-0.4, -0.2) is 38.7 Å². The number of nitrogens with zero attached hydrogens (tertiary/aromatic N) is 3. The fraction of sp³-hybridized carbons (Fsp3) is 0.562. The maximum Gasteiger partial charge on any atom is 0.225 e. The lowest BCUT2D eigenvalue weighted by Gasteiger charge is -2.32. The Kier molecular flexibility index (Phi) is 3.60. The monoisotopic (exact) mass is 332 g/mol. The Labute approximate surface area is 138 Å². The highest BCUT2D eigenvalue weighted by molar-refractivity contribution is 7.16. The molecule has 1 saturated heterocycles. The lowest BCUT2D eigenvalue weighted by atomic mass is 9.96. The van der Waals surface area contributed by atoms with E-state index in [0.717, 1.165) is 23.5 Å². The van der Waals surface area contributed by atoms with Gasteiger partial charge in [0.2, 0.25) is 11.8 Å². The standard InChI is InChI=1S/C16H20N4O2S/c1-10-7-19-9-12(18-16(19)23-10)6-17-15(22)11-2-5-14(21)20(8-11)13-3-4-13/h7,9,11,13H,2-6,8H2,1H3,(H,17,22). The van der Waals surface area contributed by atoms with Gasteiger partial charge in [-0.2, -0.15) is 0 Å². The molecule has 2 aromatic heterocycles. The highest BCUT2D eigenvalue weighted by atomic mass is 32.1. The molecule has 1 unspecified atom stereocenters. The van der Waals surface area contributed by atoms with Crippen LogP contribution in [-0.2, 0) is 16.1 Å². The number of rotatable bonds is 4. The molecule has 1 saturated carbocycles. The zero-order chi connectivity index (χ0) is 16.0. The zero-order valence-corrected chi connectivity index (χ0v) is 13.9. The van der Waals surface area contributed by atoms with Crippen LogP contribution in [0.25, 0.3) is 4.96 Å². The molecule has 122 valence electrons. The number of hydrogen-bond acceptors (Lipinski definition) is 4. The van der Waals surface area contributed by atoms with Crippen LogP contribution in [0.1, 0.15) is 36.3 Å². The Morgan fingerprint density at radius 3 is 2.96 bits per heavy atom. The molecule has 0 bridgehead atoms. The molecule has 0 aromatic carbocycles. The molecule has 4 rings (SSSR count). The molecule has 7 heteroatoms. The number of thiazole rings is 1. The smallest absolute Gasteiger partial charge is 0.225 e. The van der Waals surface area contributed by atoms with Gasteiger partial charge in [-0.1, -0.05) is 0 Å². The van der Waals surface area contributed by atoms with Gasteiger partial charge >= 0.3 is 0 Å². The van der Waals surface area contributed by atoms with Crippen LogP contribution in [0.4, 0.5) is 0 Å². The van der Waals surface area contributed by atoms with Gasteiger partial charge < -0.3 is 10.2 Å². The summed E-state index contributed by atoms with van der Waals surface area (Å²) in [5.41, 5.74) is 0.871. The number of piperidine rings is 1. The number of fused-ring (bicyclic) bond motifs is 1. The van der Waals surface area contributed by atoms with Crippen LogP contribution in [0.2, 0.25) is 0 Å². The molecule has 1 aliphatic carbocycles. The van der Waals surface area contributed by atoms with Crippen LogP contribution in [0.5, 0.6) is 0 Å². The topological polar surface area (TPSA) is 66.7 Å². The Hall–Kier alpha value is -1.89. The third kappa shape index (κ3) is 2.97. The second kappa shape index (κ2) is 5.63. The molecule has 1 aliphatic heterocycles. The van der Waals surface area contributed by atoms with Crippen molar-refractivity contribution in [3.63, 3.8) is 0 Å².